The molecule has 1 aliphatic rings. The monoisotopic (exact) mass is 669 g/mol. The number of hydrogen-bond acceptors (Lipinski definition) is 6. The van der Waals surface area contributed by atoms with Gasteiger partial charge in [0, 0.05) is 22.7 Å². The van der Waals surface area contributed by atoms with Crippen LogP contribution in [0.3, 0.4) is 0 Å². The van der Waals surface area contributed by atoms with Crippen LogP contribution in [-0.4, -0.2) is 32.5 Å². The second kappa shape index (κ2) is 14.6. The Labute approximate surface area is 282 Å². The summed E-state index contributed by atoms with van der Waals surface area (Å²) >= 11 is 12.7. The highest BCUT2D eigenvalue weighted by Crippen LogP contribution is 2.47. The van der Waals surface area contributed by atoms with Crippen molar-refractivity contribution >= 4 is 40.6 Å². The van der Waals surface area contributed by atoms with Crippen LogP contribution < -0.4 is 5.32 Å². The first-order valence-corrected chi connectivity index (χ1v) is 16.0. The van der Waals surface area contributed by atoms with E-state index in [1.165, 1.54) is 6.92 Å². The Balaban J connectivity index is 1.27. The number of carbonyl (C=O) groups excluding carboxylic acids is 2. The minimum absolute atomic E-state index is 0.0582. The van der Waals surface area contributed by atoms with Crippen molar-refractivity contribution in [3.8, 4) is 0 Å². The normalized spacial score (nSPS) is 19.3. The van der Waals surface area contributed by atoms with Gasteiger partial charge in [0.1, 0.15) is 5.15 Å². The smallest absolute Gasteiger partial charge is 0.228 e. The molecule has 0 spiro atoms. The van der Waals surface area contributed by atoms with Gasteiger partial charge in [0.2, 0.25) is 5.91 Å². The highest BCUT2D eigenvalue weighted by molar-refractivity contribution is 6.40. The zero-order valence-corrected chi connectivity index (χ0v) is 27.1. The van der Waals surface area contributed by atoms with E-state index in [-0.39, 0.29) is 35.8 Å². The Morgan fingerprint density at radius 3 is 2.21 bits per heavy atom. The number of carbonyl (C=O) groups is 2. The zero-order valence-electron chi connectivity index (χ0n) is 25.6. The van der Waals surface area contributed by atoms with E-state index in [0.717, 1.165) is 27.8 Å². The minimum Gasteiger partial charge on any atom is -0.392 e. The van der Waals surface area contributed by atoms with Gasteiger partial charge in [0.15, 0.2) is 17.2 Å². The predicted molar refractivity (Wildman–Crippen MR) is 180 cm³/mol. The Morgan fingerprint density at radius 2 is 1.55 bits per heavy atom. The first-order valence-electron chi connectivity index (χ1n) is 15.2. The van der Waals surface area contributed by atoms with Crippen LogP contribution in [0.5, 0.6) is 0 Å². The molecule has 4 aromatic carbocycles. The molecule has 4 atom stereocenters. The number of aliphatic hydroxyl groups excluding tert-OH is 1. The standard InChI is InChI=1S/C37H33Cl2N3O5/c1-23(44)29-8-5-9-30(19-29)41-32(45)18-24-10-16-28(17-11-24)37-46-31(20-42-22-40-35(38)36(42)39)33(26-6-3-2-4-7-26)34(47-37)27-14-12-25(21-43)13-15-27/h2-17,19,22,31,33-34,37,43H,18,20-21H2,1H3,(H,41,45)/t31-,33-,34+,37?/m1/s1. The first-order chi connectivity index (χ1) is 22.8. The van der Waals surface area contributed by atoms with Crippen molar-refractivity contribution in [2.75, 3.05) is 5.32 Å². The van der Waals surface area contributed by atoms with Crippen molar-refractivity contribution in [2.45, 2.75) is 50.9 Å². The summed E-state index contributed by atoms with van der Waals surface area (Å²) in [5.74, 6) is -0.492. The van der Waals surface area contributed by atoms with E-state index in [1.54, 1.807) is 35.2 Å². The fourth-order valence-electron chi connectivity index (χ4n) is 5.83. The zero-order chi connectivity index (χ0) is 32.9. The third-order valence-corrected chi connectivity index (χ3v) is 9.02. The fourth-order valence-corrected chi connectivity index (χ4v) is 6.14. The van der Waals surface area contributed by atoms with Gasteiger partial charge in [-0.25, -0.2) is 4.98 Å². The van der Waals surface area contributed by atoms with Gasteiger partial charge in [-0.2, -0.15) is 0 Å². The fraction of sp³-hybridized carbons (Fsp3) is 0.216. The molecule has 8 nitrogen and oxygen atoms in total. The van der Waals surface area contributed by atoms with Crippen LogP contribution in [0.25, 0.3) is 0 Å². The number of imidazole rings is 1. The highest BCUT2D eigenvalue weighted by Gasteiger charge is 2.42. The number of aliphatic hydroxyl groups is 1. The predicted octanol–water partition coefficient (Wildman–Crippen LogP) is 7.71. The summed E-state index contributed by atoms with van der Waals surface area (Å²) in [4.78, 5) is 28.7. The van der Waals surface area contributed by atoms with E-state index in [9.17, 15) is 14.7 Å². The van der Waals surface area contributed by atoms with Gasteiger partial charge in [-0.15, -0.1) is 0 Å². The minimum atomic E-state index is -0.738. The summed E-state index contributed by atoms with van der Waals surface area (Å²) < 4.78 is 15.2. The topological polar surface area (TPSA) is 103 Å². The van der Waals surface area contributed by atoms with E-state index in [1.807, 2.05) is 66.7 Å². The molecule has 0 saturated carbocycles. The number of hydrogen-bond donors (Lipinski definition) is 2. The van der Waals surface area contributed by atoms with Crippen LogP contribution in [-0.2, 0) is 33.8 Å². The Hall–Kier alpha value is -4.31. The molecular weight excluding hydrogens is 637 g/mol. The lowest BCUT2D eigenvalue weighted by Crippen LogP contribution is -2.39. The maximum atomic E-state index is 12.8. The van der Waals surface area contributed by atoms with Gasteiger partial charge in [-0.1, -0.05) is 114 Å². The number of nitrogens with one attached hydrogen (secondary N) is 1. The molecule has 1 aromatic heterocycles. The summed E-state index contributed by atoms with van der Waals surface area (Å²) in [6.07, 6.45) is 0.190. The lowest BCUT2D eigenvalue weighted by molar-refractivity contribution is -0.263. The first kappa shape index (κ1) is 32.6. The molecule has 1 fully saturated rings. The number of aromatic nitrogens is 2. The van der Waals surface area contributed by atoms with Crippen LogP contribution >= 0.6 is 23.2 Å². The number of Topliss-reactive ketones (excluding diaryl/α,β-unsaturated/α-hetero) is 1. The average molecular weight is 671 g/mol. The van der Waals surface area contributed by atoms with Crippen molar-refractivity contribution in [1.29, 1.82) is 0 Å². The maximum Gasteiger partial charge on any atom is 0.228 e. The number of nitrogens with zero attached hydrogens (tertiary/aromatic N) is 2. The van der Waals surface area contributed by atoms with Crippen LogP contribution in [0.4, 0.5) is 5.69 Å². The van der Waals surface area contributed by atoms with Gasteiger partial charge < -0.3 is 24.5 Å². The second-order valence-electron chi connectivity index (χ2n) is 11.5. The third-order valence-electron chi connectivity index (χ3n) is 8.25. The second-order valence-corrected chi connectivity index (χ2v) is 12.2. The van der Waals surface area contributed by atoms with Crippen molar-refractivity contribution < 1.29 is 24.2 Å². The molecule has 1 aliphatic heterocycles. The van der Waals surface area contributed by atoms with Gasteiger partial charge >= 0.3 is 0 Å². The summed E-state index contributed by atoms with van der Waals surface area (Å²) in [7, 11) is 0. The van der Waals surface area contributed by atoms with Crippen LogP contribution in [0.15, 0.2) is 109 Å². The van der Waals surface area contributed by atoms with Crippen molar-refractivity contribution in [1.82, 2.24) is 9.55 Å². The molecule has 47 heavy (non-hydrogen) atoms. The number of rotatable bonds is 10. The SMILES string of the molecule is CC(=O)c1cccc(NC(=O)Cc2ccc(C3O[C@H](Cn4cnc(Cl)c4Cl)[C@@H](c4ccccc4)[C@H](c4ccc(CO)cc4)O3)cc2)c1. The van der Waals surface area contributed by atoms with Crippen molar-refractivity contribution in [3.05, 3.63) is 153 Å². The highest BCUT2D eigenvalue weighted by atomic mass is 35.5. The molecule has 0 bridgehead atoms. The molecule has 1 amide bonds. The number of anilines is 1. The number of ether oxygens (including phenoxy) is 2. The van der Waals surface area contributed by atoms with Gasteiger partial charge in [-0.3, -0.25) is 9.59 Å². The van der Waals surface area contributed by atoms with Crippen LogP contribution in [0, 0.1) is 0 Å². The summed E-state index contributed by atoms with van der Waals surface area (Å²) in [5, 5.41) is 13.1. The summed E-state index contributed by atoms with van der Waals surface area (Å²) in [5.41, 5.74) is 5.46. The Morgan fingerprint density at radius 1 is 0.851 bits per heavy atom. The van der Waals surface area contributed by atoms with Crippen molar-refractivity contribution in [3.63, 3.8) is 0 Å². The Bertz CT molecular complexity index is 1840. The molecule has 240 valence electrons. The molecule has 0 radical (unpaired) electrons. The Kier molecular flexibility index (Phi) is 10.2. The van der Waals surface area contributed by atoms with E-state index in [2.05, 4.69) is 22.4 Å². The number of halogens is 2. The van der Waals surface area contributed by atoms with Gasteiger partial charge in [0.25, 0.3) is 0 Å². The summed E-state index contributed by atoms with van der Waals surface area (Å²) in [6.45, 7) is 1.80. The van der Waals surface area contributed by atoms with E-state index in [0.29, 0.717) is 22.9 Å². The molecule has 5 aromatic rings. The number of ketones is 1. The van der Waals surface area contributed by atoms with E-state index >= 15 is 0 Å². The van der Waals surface area contributed by atoms with Gasteiger partial charge in [-0.05, 0) is 41.3 Å². The molecule has 0 aliphatic carbocycles. The number of benzene rings is 4. The molecular formula is C37H33Cl2N3O5. The average Bonchev–Trinajstić information content (AvgIpc) is 3.41. The molecule has 6 rings (SSSR count). The largest absolute Gasteiger partial charge is 0.392 e. The number of amides is 1. The molecule has 1 unspecified atom stereocenters. The van der Waals surface area contributed by atoms with E-state index < -0.39 is 18.5 Å². The van der Waals surface area contributed by atoms with Crippen LogP contribution in [0.1, 0.15) is 63.4 Å². The maximum absolute atomic E-state index is 12.8. The lowest BCUT2D eigenvalue weighted by Gasteiger charge is -2.43. The van der Waals surface area contributed by atoms with E-state index in [4.69, 9.17) is 32.7 Å². The molecule has 2 N–H and O–H groups in total. The molecule has 1 saturated heterocycles. The van der Waals surface area contributed by atoms with Gasteiger partial charge in [0.05, 0.1) is 38.1 Å². The molecule has 10 heteroatoms. The van der Waals surface area contributed by atoms with Crippen molar-refractivity contribution in [2.24, 2.45) is 0 Å². The summed E-state index contributed by atoms with van der Waals surface area (Å²) in [6, 6.07) is 32.2. The molecule has 2 heterocycles. The quantitative estimate of drug-likeness (QED) is 0.148. The third kappa shape index (κ3) is 7.64. The van der Waals surface area contributed by atoms with Crippen LogP contribution in [0.2, 0.25) is 10.3 Å². The lowest BCUT2D eigenvalue weighted by atomic mass is 9.83.